The number of carbonyl (C=O) groups is 3. The van der Waals surface area contributed by atoms with Gasteiger partial charge in [0.2, 0.25) is 0 Å². The van der Waals surface area contributed by atoms with Gasteiger partial charge in [-0.05, 0) is 36.2 Å². The number of benzene rings is 1. The zero-order valence-electron chi connectivity index (χ0n) is 17.3. The summed E-state index contributed by atoms with van der Waals surface area (Å²) in [6.45, 7) is 6.03. The van der Waals surface area contributed by atoms with Crippen LogP contribution in [0.5, 0.6) is 0 Å². The van der Waals surface area contributed by atoms with Crippen molar-refractivity contribution in [1.82, 2.24) is 0 Å². The highest BCUT2D eigenvalue weighted by Gasteiger charge is 2.34. The molecule has 160 valence electrons. The first-order valence-corrected chi connectivity index (χ1v) is 9.99. The normalized spacial score (nSPS) is 18.9. The molecule has 0 aromatic heterocycles. The zero-order chi connectivity index (χ0) is 21.3. The summed E-state index contributed by atoms with van der Waals surface area (Å²) in [4.78, 5) is 35.2. The molecule has 2 rings (SSSR count). The van der Waals surface area contributed by atoms with Gasteiger partial charge in [0.05, 0.1) is 5.92 Å². The van der Waals surface area contributed by atoms with Crippen LogP contribution in [0, 0.1) is 17.3 Å². The zero-order valence-corrected chi connectivity index (χ0v) is 17.3. The van der Waals surface area contributed by atoms with Crippen molar-refractivity contribution in [2.45, 2.75) is 53.1 Å². The minimum atomic E-state index is -1.19. The van der Waals surface area contributed by atoms with Gasteiger partial charge in [-0.25, -0.2) is 9.59 Å². The van der Waals surface area contributed by atoms with Gasteiger partial charge < -0.3 is 18.9 Å². The Hall–Kier alpha value is -2.57. The molecule has 0 aliphatic heterocycles. The van der Waals surface area contributed by atoms with Crippen LogP contribution in [0.25, 0.3) is 0 Å². The molecule has 2 atom stereocenters. The van der Waals surface area contributed by atoms with Crippen molar-refractivity contribution in [3.8, 4) is 0 Å². The van der Waals surface area contributed by atoms with E-state index in [4.69, 9.17) is 14.2 Å². The van der Waals surface area contributed by atoms with Gasteiger partial charge in [-0.2, -0.15) is 0 Å². The number of hydrogen-bond donors (Lipinski definition) is 0. The summed E-state index contributed by atoms with van der Waals surface area (Å²) in [6, 6.07) is 8.98. The third-order valence-electron chi connectivity index (χ3n) is 5.24. The molecule has 0 saturated heterocycles. The van der Waals surface area contributed by atoms with Gasteiger partial charge in [0.1, 0.15) is 19.8 Å². The fourth-order valence-corrected chi connectivity index (χ4v) is 3.62. The summed E-state index contributed by atoms with van der Waals surface area (Å²) in [7, 11) is 0. The number of hydrogen-bond acceptors (Lipinski definition) is 7. The molecule has 0 amide bonds. The van der Waals surface area contributed by atoms with Crippen molar-refractivity contribution >= 4 is 18.3 Å². The SMILES string of the molecule is CC(C(=O)OCCOC(=O)OC(=O)OCc1ccccc1)C1CCCC(C)(C)C1. The molecule has 1 aromatic carbocycles. The van der Waals surface area contributed by atoms with E-state index in [1.54, 1.807) is 24.3 Å². The summed E-state index contributed by atoms with van der Waals surface area (Å²) in [5.74, 6) is -0.196. The lowest BCUT2D eigenvalue weighted by Gasteiger charge is -2.37. The second kappa shape index (κ2) is 10.8. The maximum absolute atomic E-state index is 12.2. The van der Waals surface area contributed by atoms with Crippen molar-refractivity contribution in [3.63, 3.8) is 0 Å². The first-order chi connectivity index (χ1) is 13.8. The quantitative estimate of drug-likeness (QED) is 0.276. The smallest absolute Gasteiger partial charge is 0.462 e. The molecule has 1 fully saturated rings. The van der Waals surface area contributed by atoms with E-state index in [0.717, 1.165) is 24.8 Å². The topological polar surface area (TPSA) is 88.1 Å². The van der Waals surface area contributed by atoms with Gasteiger partial charge in [0.25, 0.3) is 0 Å². The largest absolute Gasteiger partial charge is 0.518 e. The Kier molecular flexibility index (Phi) is 8.49. The van der Waals surface area contributed by atoms with Crippen LogP contribution in [-0.4, -0.2) is 31.5 Å². The highest BCUT2D eigenvalue weighted by molar-refractivity contribution is 5.77. The average Bonchev–Trinajstić information content (AvgIpc) is 2.69. The Morgan fingerprint density at radius 2 is 1.69 bits per heavy atom. The van der Waals surface area contributed by atoms with Crippen molar-refractivity contribution in [2.24, 2.45) is 17.3 Å². The van der Waals surface area contributed by atoms with E-state index in [2.05, 4.69) is 18.6 Å². The Labute approximate surface area is 171 Å². The van der Waals surface area contributed by atoms with Crippen LogP contribution in [0.3, 0.4) is 0 Å². The average molecular weight is 406 g/mol. The third kappa shape index (κ3) is 8.13. The van der Waals surface area contributed by atoms with E-state index in [9.17, 15) is 14.4 Å². The van der Waals surface area contributed by atoms with Crippen LogP contribution in [0.2, 0.25) is 0 Å². The van der Waals surface area contributed by atoms with Crippen LogP contribution < -0.4 is 0 Å². The van der Waals surface area contributed by atoms with E-state index < -0.39 is 12.3 Å². The van der Waals surface area contributed by atoms with Gasteiger partial charge in [0.15, 0.2) is 0 Å². The summed E-state index contributed by atoms with van der Waals surface area (Å²) in [6.07, 6.45) is 1.97. The predicted octanol–water partition coefficient (Wildman–Crippen LogP) is 4.87. The second-order valence-electron chi connectivity index (χ2n) is 8.20. The fourth-order valence-electron chi connectivity index (χ4n) is 3.62. The molecule has 0 heterocycles. The lowest BCUT2D eigenvalue weighted by Crippen LogP contribution is -2.31. The van der Waals surface area contributed by atoms with E-state index in [0.29, 0.717) is 5.92 Å². The monoisotopic (exact) mass is 406 g/mol. The molecule has 0 radical (unpaired) electrons. The first kappa shape index (κ1) is 22.7. The molecule has 0 N–H and O–H groups in total. The Morgan fingerprint density at radius 1 is 1.03 bits per heavy atom. The molecule has 1 aliphatic carbocycles. The maximum atomic E-state index is 12.2. The molecule has 0 bridgehead atoms. The molecule has 2 unspecified atom stereocenters. The highest BCUT2D eigenvalue weighted by atomic mass is 16.8. The highest BCUT2D eigenvalue weighted by Crippen LogP contribution is 2.41. The summed E-state index contributed by atoms with van der Waals surface area (Å²) in [5, 5.41) is 0. The van der Waals surface area contributed by atoms with Gasteiger partial charge in [0, 0.05) is 0 Å². The molecule has 1 aliphatic rings. The Morgan fingerprint density at radius 3 is 2.38 bits per heavy atom. The Balaban J connectivity index is 1.59. The van der Waals surface area contributed by atoms with Crippen LogP contribution >= 0.6 is 0 Å². The minimum absolute atomic E-state index is 0.0135. The van der Waals surface area contributed by atoms with Crippen molar-refractivity contribution in [1.29, 1.82) is 0 Å². The molecule has 1 aromatic rings. The van der Waals surface area contributed by atoms with Crippen molar-refractivity contribution in [3.05, 3.63) is 35.9 Å². The molecule has 7 heteroatoms. The summed E-state index contributed by atoms with van der Waals surface area (Å²) >= 11 is 0. The maximum Gasteiger partial charge on any atom is 0.518 e. The summed E-state index contributed by atoms with van der Waals surface area (Å²) < 4.78 is 19.1. The van der Waals surface area contributed by atoms with Gasteiger partial charge in [-0.1, -0.05) is 57.5 Å². The van der Waals surface area contributed by atoms with Crippen LogP contribution in [0.15, 0.2) is 30.3 Å². The molecular formula is C22H30O7. The third-order valence-corrected chi connectivity index (χ3v) is 5.24. The molecule has 1 saturated carbocycles. The number of rotatable bonds is 7. The summed E-state index contributed by atoms with van der Waals surface area (Å²) in [5.41, 5.74) is 1.01. The second-order valence-corrected chi connectivity index (χ2v) is 8.20. The number of ether oxygens (including phenoxy) is 4. The number of esters is 1. The standard InChI is InChI=1S/C22H30O7/c1-16(18-10-7-11-22(2,3)14-18)19(23)26-12-13-27-20(24)29-21(25)28-15-17-8-5-4-6-9-17/h4-6,8-9,16,18H,7,10-15H2,1-3H3. The van der Waals surface area contributed by atoms with E-state index in [-0.39, 0.29) is 37.1 Å². The minimum Gasteiger partial charge on any atom is -0.462 e. The molecule has 0 spiro atoms. The first-order valence-electron chi connectivity index (χ1n) is 9.99. The van der Waals surface area contributed by atoms with Crippen molar-refractivity contribution < 1.29 is 33.3 Å². The van der Waals surface area contributed by atoms with E-state index in [1.165, 1.54) is 6.42 Å². The van der Waals surface area contributed by atoms with E-state index in [1.807, 2.05) is 13.0 Å². The fraction of sp³-hybridized carbons (Fsp3) is 0.591. The van der Waals surface area contributed by atoms with Crippen LogP contribution in [-0.2, 0) is 30.3 Å². The molecule has 7 nitrogen and oxygen atoms in total. The van der Waals surface area contributed by atoms with Gasteiger partial charge in [-0.15, -0.1) is 0 Å². The van der Waals surface area contributed by atoms with Crippen molar-refractivity contribution in [2.75, 3.05) is 13.2 Å². The lowest BCUT2D eigenvalue weighted by molar-refractivity contribution is -0.152. The predicted molar refractivity (Wildman–Crippen MR) is 105 cm³/mol. The molecule has 29 heavy (non-hydrogen) atoms. The van der Waals surface area contributed by atoms with Crippen LogP contribution in [0.1, 0.15) is 52.0 Å². The van der Waals surface area contributed by atoms with Crippen LogP contribution in [0.4, 0.5) is 9.59 Å². The van der Waals surface area contributed by atoms with E-state index >= 15 is 0 Å². The van der Waals surface area contributed by atoms with Gasteiger partial charge >= 0.3 is 18.3 Å². The number of carbonyl (C=O) groups excluding carboxylic acids is 3. The molecular weight excluding hydrogens is 376 g/mol. The lowest BCUT2D eigenvalue weighted by atomic mass is 9.68. The van der Waals surface area contributed by atoms with Gasteiger partial charge in [-0.3, -0.25) is 4.79 Å². The Bertz CT molecular complexity index is 684.